The number of hydrogen-bond acceptors (Lipinski definition) is 9. The number of H-pyrrole nitrogens is 1. The fourth-order valence-corrected chi connectivity index (χ4v) is 4.43. The Labute approximate surface area is 195 Å². The van der Waals surface area contributed by atoms with Gasteiger partial charge in [-0.05, 0) is 19.1 Å². The van der Waals surface area contributed by atoms with Gasteiger partial charge in [-0.15, -0.1) is 0 Å². The predicted molar refractivity (Wildman–Crippen MR) is 125 cm³/mol. The van der Waals surface area contributed by atoms with Gasteiger partial charge in [0.1, 0.15) is 0 Å². The van der Waals surface area contributed by atoms with Crippen LogP contribution in [0, 0.1) is 0 Å². The molecule has 3 heterocycles. The molecule has 1 atom stereocenters. The van der Waals surface area contributed by atoms with E-state index in [-0.39, 0.29) is 5.56 Å². The van der Waals surface area contributed by atoms with E-state index in [4.69, 9.17) is 0 Å². The summed E-state index contributed by atoms with van der Waals surface area (Å²) in [5.74, 6) is 0.809. The summed E-state index contributed by atoms with van der Waals surface area (Å²) in [5.41, 5.74) is 2.45. The third-order valence-electron chi connectivity index (χ3n) is 5.11. The molecule has 3 aromatic heterocycles. The number of nitrogens with one attached hydrogen (secondary N) is 3. The fourth-order valence-electron chi connectivity index (χ4n) is 3.26. The topological polar surface area (TPSA) is 191 Å². The summed E-state index contributed by atoms with van der Waals surface area (Å²) in [6.45, 7) is 3.19. The molecule has 4 aromatic rings. The molecule has 0 saturated carbocycles. The second-order valence-electron chi connectivity index (χ2n) is 7.33. The van der Waals surface area contributed by atoms with Crippen LogP contribution in [0.25, 0.3) is 11.2 Å². The van der Waals surface area contributed by atoms with Crippen molar-refractivity contribution in [1.29, 1.82) is 0 Å². The van der Waals surface area contributed by atoms with E-state index in [1.54, 1.807) is 18.9 Å². The molecule has 6 N–H and O–H groups in total. The van der Waals surface area contributed by atoms with Crippen molar-refractivity contribution >= 4 is 44.7 Å². The van der Waals surface area contributed by atoms with Gasteiger partial charge in [0.05, 0.1) is 12.7 Å². The van der Waals surface area contributed by atoms with Gasteiger partial charge in [0, 0.05) is 42.7 Å². The molecular formula is C19H22N8O5P2. The van der Waals surface area contributed by atoms with Crippen LogP contribution in [0.2, 0.25) is 0 Å². The van der Waals surface area contributed by atoms with Crippen LogP contribution < -0.4 is 10.6 Å². The molecule has 4 rings (SSSR count). The van der Waals surface area contributed by atoms with E-state index in [0.717, 1.165) is 5.69 Å². The van der Waals surface area contributed by atoms with Crippen LogP contribution in [0.3, 0.4) is 0 Å². The van der Waals surface area contributed by atoms with Gasteiger partial charge in [-0.1, -0.05) is 12.1 Å². The highest BCUT2D eigenvalue weighted by Gasteiger charge is 2.48. The number of hydrogen-bond donors (Lipinski definition) is 6. The van der Waals surface area contributed by atoms with Crippen LogP contribution in [0.1, 0.15) is 18.2 Å². The quantitative estimate of drug-likeness (QED) is 0.174. The Bertz CT molecular complexity index is 1340. The smallest absolute Gasteiger partial charge is 0.364 e. The van der Waals surface area contributed by atoms with Crippen LogP contribution in [-0.2, 0) is 27.2 Å². The van der Waals surface area contributed by atoms with E-state index in [0.29, 0.717) is 48.1 Å². The highest BCUT2D eigenvalue weighted by Crippen LogP contribution is 2.61. The third kappa shape index (κ3) is 4.70. The zero-order valence-corrected chi connectivity index (χ0v) is 19.7. The molecule has 1 unspecified atom stereocenters. The van der Waals surface area contributed by atoms with Gasteiger partial charge in [0.15, 0.2) is 17.0 Å². The van der Waals surface area contributed by atoms with Gasteiger partial charge in [-0.25, -0.2) is 9.97 Å². The zero-order valence-electron chi connectivity index (χ0n) is 18.0. The van der Waals surface area contributed by atoms with Gasteiger partial charge >= 0.3 is 7.60 Å². The van der Waals surface area contributed by atoms with Crippen LogP contribution in [0.15, 0.2) is 43.1 Å². The molecule has 0 aliphatic rings. The summed E-state index contributed by atoms with van der Waals surface area (Å²) in [6, 6.07) is 5.52. The van der Waals surface area contributed by atoms with Crippen molar-refractivity contribution in [2.75, 3.05) is 17.2 Å². The van der Waals surface area contributed by atoms with Crippen molar-refractivity contribution in [2.24, 2.45) is 0 Å². The van der Waals surface area contributed by atoms with Crippen molar-refractivity contribution in [3.8, 4) is 0 Å². The lowest BCUT2D eigenvalue weighted by atomic mass is 10.2. The number of aliphatic hydroxyl groups is 1. The minimum Gasteiger partial charge on any atom is -0.364 e. The van der Waals surface area contributed by atoms with Crippen molar-refractivity contribution in [1.82, 2.24) is 29.5 Å². The Morgan fingerprint density at radius 3 is 2.62 bits per heavy atom. The average molecular weight is 504 g/mol. The van der Waals surface area contributed by atoms with Gasteiger partial charge in [0.25, 0.3) is 5.08 Å². The van der Waals surface area contributed by atoms with E-state index in [2.05, 4.69) is 35.6 Å². The van der Waals surface area contributed by atoms with Gasteiger partial charge in [0.2, 0.25) is 14.4 Å². The van der Waals surface area contributed by atoms with Crippen molar-refractivity contribution in [2.45, 2.75) is 25.0 Å². The Morgan fingerprint density at radius 1 is 1.24 bits per heavy atom. The minimum absolute atomic E-state index is 0.188. The van der Waals surface area contributed by atoms with Crippen LogP contribution in [0.4, 0.5) is 17.5 Å². The number of fused-ring (bicyclic) bond motifs is 1. The first-order chi connectivity index (χ1) is 16.2. The number of nitrogens with zero attached hydrogens (tertiary/aromatic N) is 5. The summed E-state index contributed by atoms with van der Waals surface area (Å²) < 4.78 is 24.8. The van der Waals surface area contributed by atoms with E-state index in [1.165, 1.54) is 24.3 Å². The standard InChI is InChI=1S/C19H22N8O5P2/c1-2-27-11-23-15-16(25-18(26-17(15)27)21-8-7-14-9-20-10-22-14)24-13-5-3-12(4-6-13)19(28,33-29)34(30,31)32/h3-6,9-11,28H,2,7-8H2,1H3,(H,20,22)(H2,30,31,32)(H2,21,24,25,26). The summed E-state index contributed by atoms with van der Waals surface area (Å²) in [4.78, 5) is 39.3. The monoisotopic (exact) mass is 504 g/mol. The Balaban J connectivity index is 1.61. The van der Waals surface area contributed by atoms with E-state index in [1.807, 2.05) is 11.5 Å². The first-order valence-electron chi connectivity index (χ1n) is 10.2. The molecule has 0 aliphatic carbocycles. The molecule has 0 spiro atoms. The normalized spacial score (nSPS) is 13.8. The highest BCUT2D eigenvalue weighted by molar-refractivity contribution is 7.62. The van der Waals surface area contributed by atoms with Gasteiger partial charge < -0.3 is 35.1 Å². The molecule has 15 heteroatoms. The SMILES string of the molecule is CCn1cnc2c(Nc3ccc(C(O)(P=O)P(=O)(O)O)cc3)nc(NCCc3cnc[nH]3)nc21. The third-order valence-corrected chi connectivity index (χ3v) is 7.72. The Morgan fingerprint density at radius 2 is 2.00 bits per heavy atom. The van der Waals surface area contributed by atoms with E-state index >= 15 is 0 Å². The second kappa shape index (κ2) is 9.57. The molecule has 0 bridgehead atoms. The number of imidazole rings is 2. The molecule has 0 radical (unpaired) electrons. The summed E-state index contributed by atoms with van der Waals surface area (Å²) in [5, 5.41) is 13.7. The maximum atomic E-state index is 11.6. The highest BCUT2D eigenvalue weighted by atomic mass is 31.2. The number of benzene rings is 1. The lowest BCUT2D eigenvalue weighted by Crippen LogP contribution is -2.18. The number of aromatic nitrogens is 6. The molecular weight excluding hydrogens is 482 g/mol. The van der Waals surface area contributed by atoms with Gasteiger partial charge in [-0.3, -0.25) is 9.13 Å². The van der Waals surface area contributed by atoms with Crippen molar-refractivity contribution < 1.29 is 24.0 Å². The molecule has 34 heavy (non-hydrogen) atoms. The lowest BCUT2D eigenvalue weighted by molar-refractivity contribution is 0.168. The van der Waals surface area contributed by atoms with E-state index in [9.17, 15) is 24.0 Å². The summed E-state index contributed by atoms with van der Waals surface area (Å²) in [6.07, 6.45) is 5.71. The first kappa shape index (κ1) is 23.9. The number of rotatable bonds is 10. The largest absolute Gasteiger partial charge is 0.373 e. The second-order valence-corrected chi connectivity index (χ2v) is 10.2. The lowest BCUT2D eigenvalue weighted by Gasteiger charge is -2.22. The molecule has 0 amide bonds. The molecule has 0 fully saturated rings. The van der Waals surface area contributed by atoms with Crippen LogP contribution in [0.5, 0.6) is 0 Å². The number of aryl methyl sites for hydroxylation is 1. The molecule has 13 nitrogen and oxygen atoms in total. The Kier molecular flexibility index (Phi) is 6.74. The van der Waals surface area contributed by atoms with Crippen LogP contribution in [-0.4, -0.2) is 50.9 Å². The average Bonchev–Trinajstić information content (AvgIpc) is 3.48. The summed E-state index contributed by atoms with van der Waals surface area (Å²) in [7, 11) is -6.20. The maximum Gasteiger partial charge on any atom is 0.373 e. The molecule has 0 saturated heterocycles. The molecule has 0 aliphatic heterocycles. The molecule has 178 valence electrons. The molecule has 1 aromatic carbocycles. The zero-order chi connectivity index (χ0) is 24.3. The Hall–Kier alpha value is -3.21. The minimum atomic E-state index is -5.10. The first-order valence-corrected chi connectivity index (χ1v) is 12.6. The maximum absolute atomic E-state index is 11.6. The van der Waals surface area contributed by atoms with Crippen molar-refractivity contribution in [3.63, 3.8) is 0 Å². The van der Waals surface area contributed by atoms with Crippen LogP contribution >= 0.6 is 16.1 Å². The number of aromatic amines is 1. The fraction of sp³-hybridized carbons (Fsp3) is 0.263. The van der Waals surface area contributed by atoms with E-state index < -0.39 is 21.1 Å². The van der Waals surface area contributed by atoms with Crippen molar-refractivity contribution in [3.05, 3.63) is 54.4 Å². The predicted octanol–water partition coefficient (Wildman–Crippen LogP) is 2.54. The van der Waals surface area contributed by atoms with Gasteiger partial charge in [-0.2, -0.15) is 9.97 Å². The summed E-state index contributed by atoms with van der Waals surface area (Å²) >= 11 is 0. The number of anilines is 3.